The first kappa shape index (κ1) is 27.6. The fourth-order valence-corrected chi connectivity index (χ4v) is 4.60. The number of ether oxygens (including phenoxy) is 2. The van der Waals surface area contributed by atoms with Gasteiger partial charge in [0.1, 0.15) is 0 Å². The summed E-state index contributed by atoms with van der Waals surface area (Å²) in [5.74, 6) is -0.900. The topological polar surface area (TPSA) is 131 Å². The van der Waals surface area contributed by atoms with Gasteiger partial charge in [0, 0.05) is 34.8 Å². The van der Waals surface area contributed by atoms with E-state index in [0.29, 0.717) is 41.9 Å². The summed E-state index contributed by atoms with van der Waals surface area (Å²) in [7, 11) is 2.69. The van der Waals surface area contributed by atoms with Crippen LogP contribution in [0.25, 0.3) is 12.2 Å². The van der Waals surface area contributed by atoms with Crippen molar-refractivity contribution in [2.75, 3.05) is 14.2 Å². The van der Waals surface area contributed by atoms with Gasteiger partial charge >= 0.3 is 11.9 Å². The van der Waals surface area contributed by atoms with Crippen molar-refractivity contribution in [3.8, 4) is 0 Å². The van der Waals surface area contributed by atoms with Crippen molar-refractivity contribution in [3.63, 3.8) is 0 Å². The number of amides is 1. The minimum atomic E-state index is -0.340. The number of carbonyl (C=O) groups is 4. The SMILES string of the molecule is CCC1=C(C)C(=O)N=C1/C=c1/[nH]/c(=C\c2[nH]c(C=O)c(C)c2CCC(=O)OC)c(CCC(=O)OC)c1C. The summed E-state index contributed by atoms with van der Waals surface area (Å²) in [5.41, 5.74) is 6.72. The van der Waals surface area contributed by atoms with Crippen LogP contribution >= 0.6 is 0 Å². The van der Waals surface area contributed by atoms with Crippen LogP contribution in [-0.2, 0) is 36.7 Å². The molecule has 196 valence electrons. The van der Waals surface area contributed by atoms with Crippen LogP contribution in [0.3, 0.4) is 0 Å². The van der Waals surface area contributed by atoms with E-state index in [-0.39, 0.29) is 30.7 Å². The Kier molecular flexibility index (Phi) is 8.81. The molecule has 0 fully saturated rings. The highest BCUT2D eigenvalue weighted by Crippen LogP contribution is 2.21. The number of hydrogen-bond acceptors (Lipinski definition) is 6. The van der Waals surface area contributed by atoms with Gasteiger partial charge in [-0.25, -0.2) is 4.99 Å². The quantitative estimate of drug-likeness (QED) is 0.375. The highest BCUT2D eigenvalue weighted by molar-refractivity contribution is 6.30. The third kappa shape index (κ3) is 5.87. The fraction of sp³-hybridized carbons (Fsp3) is 0.393. The molecule has 0 spiro atoms. The minimum Gasteiger partial charge on any atom is -0.469 e. The largest absolute Gasteiger partial charge is 0.469 e. The van der Waals surface area contributed by atoms with Crippen LogP contribution in [0.2, 0.25) is 0 Å². The first-order valence-electron chi connectivity index (χ1n) is 12.2. The van der Waals surface area contributed by atoms with Crippen molar-refractivity contribution in [2.24, 2.45) is 4.99 Å². The highest BCUT2D eigenvalue weighted by Gasteiger charge is 2.21. The molecule has 0 unspecified atom stereocenters. The summed E-state index contributed by atoms with van der Waals surface area (Å²) in [6, 6.07) is 0. The molecule has 0 aliphatic carbocycles. The van der Waals surface area contributed by atoms with Gasteiger partial charge in [-0.3, -0.25) is 19.2 Å². The van der Waals surface area contributed by atoms with Crippen LogP contribution in [0.4, 0.5) is 0 Å². The molecule has 2 N–H and O–H groups in total. The van der Waals surface area contributed by atoms with Gasteiger partial charge < -0.3 is 19.4 Å². The molecule has 2 aromatic heterocycles. The fourth-order valence-electron chi connectivity index (χ4n) is 4.60. The number of methoxy groups -OCH3 is 2. The van der Waals surface area contributed by atoms with Crippen molar-refractivity contribution < 1.29 is 28.7 Å². The number of esters is 2. The minimum absolute atomic E-state index is 0.172. The zero-order valence-corrected chi connectivity index (χ0v) is 22.2. The smallest absolute Gasteiger partial charge is 0.305 e. The number of aromatic nitrogens is 2. The Labute approximate surface area is 215 Å². The lowest BCUT2D eigenvalue weighted by Crippen LogP contribution is -2.15. The zero-order valence-electron chi connectivity index (χ0n) is 22.2. The van der Waals surface area contributed by atoms with E-state index in [9.17, 15) is 19.2 Å². The van der Waals surface area contributed by atoms with Gasteiger partial charge in [0.05, 0.1) is 25.6 Å². The van der Waals surface area contributed by atoms with Gasteiger partial charge in [-0.1, -0.05) is 6.92 Å². The van der Waals surface area contributed by atoms with Gasteiger partial charge in [0.25, 0.3) is 5.91 Å². The van der Waals surface area contributed by atoms with Crippen LogP contribution in [0, 0.1) is 13.8 Å². The van der Waals surface area contributed by atoms with E-state index < -0.39 is 0 Å². The van der Waals surface area contributed by atoms with Crippen molar-refractivity contribution >= 4 is 42.0 Å². The molecule has 0 saturated carbocycles. The maximum absolute atomic E-state index is 12.2. The van der Waals surface area contributed by atoms with Gasteiger partial charge in [-0.2, -0.15) is 0 Å². The summed E-state index contributed by atoms with van der Waals surface area (Å²) in [5, 5.41) is 1.52. The normalized spacial score (nSPS) is 14.4. The molecule has 0 atom stereocenters. The number of nitrogens with zero attached hydrogens (tertiary/aromatic N) is 1. The molecule has 1 aliphatic rings. The van der Waals surface area contributed by atoms with E-state index in [4.69, 9.17) is 9.47 Å². The van der Waals surface area contributed by atoms with E-state index in [1.54, 1.807) is 6.92 Å². The average molecular weight is 508 g/mol. The lowest BCUT2D eigenvalue weighted by molar-refractivity contribution is -0.141. The van der Waals surface area contributed by atoms with Crippen LogP contribution in [-0.4, -0.2) is 54.0 Å². The average Bonchev–Trinajstić information content (AvgIpc) is 3.45. The second-order valence-electron chi connectivity index (χ2n) is 8.93. The monoisotopic (exact) mass is 507 g/mol. The van der Waals surface area contributed by atoms with Gasteiger partial charge in [-0.15, -0.1) is 0 Å². The Morgan fingerprint density at radius 3 is 2.05 bits per heavy atom. The maximum atomic E-state index is 12.2. The molecule has 0 aromatic carbocycles. The molecule has 1 amide bonds. The third-order valence-electron chi connectivity index (χ3n) is 6.86. The molecule has 0 saturated heterocycles. The lowest BCUT2D eigenvalue weighted by Gasteiger charge is -2.03. The predicted octanol–water partition coefficient (Wildman–Crippen LogP) is 2.30. The first-order chi connectivity index (χ1) is 17.6. The van der Waals surface area contributed by atoms with Crippen molar-refractivity contribution in [1.29, 1.82) is 0 Å². The molecule has 3 rings (SSSR count). The molecule has 9 heteroatoms. The maximum Gasteiger partial charge on any atom is 0.305 e. The number of aldehydes is 1. The number of allylic oxidation sites excluding steroid dienone is 1. The van der Waals surface area contributed by atoms with Crippen LogP contribution in [0.1, 0.15) is 71.5 Å². The number of H-pyrrole nitrogens is 2. The van der Waals surface area contributed by atoms with Crippen LogP contribution in [0.15, 0.2) is 16.1 Å². The number of aromatic amines is 2. The molecule has 9 nitrogen and oxygen atoms in total. The number of hydrogen-bond donors (Lipinski definition) is 2. The summed E-state index contributed by atoms with van der Waals surface area (Å²) >= 11 is 0. The zero-order chi connectivity index (χ0) is 27.3. The van der Waals surface area contributed by atoms with Gasteiger partial charge in [0.15, 0.2) is 6.29 Å². The van der Waals surface area contributed by atoms with E-state index in [0.717, 1.165) is 44.8 Å². The van der Waals surface area contributed by atoms with Crippen LogP contribution < -0.4 is 10.7 Å². The molecule has 0 bridgehead atoms. The van der Waals surface area contributed by atoms with E-state index in [1.807, 2.05) is 32.9 Å². The van der Waals surface area contributed by atoms with Gasteiger partial charge in [-0.05, 0) is 80.0 Å². The first-order valence-corrected chi connectivity index (χ1v) is 12.2. The second-order valence-corrected chi connectivity index (χ2v) is 8.93. The standard InChI is InChI=1S/C28H33N3O6/c1-7-18-17(4)28(35)31-22(18)12-21-15(2)19(8-10-26(33)36-5)23(29-21)13-24-20(9-11-27(34)37-6)16(3)25(14-32)30-24/h12-14,29-30H,7-11H2,1-6H3/b21-12+,23-13-. The Morgan fingerprint density at radius 2 is 1.49 bits per heavy atom. The predicted molar refractivity (Wildman–Crippen MR) is 140 cm³/mol. The summed E-state index contributed by atoms with van der Waals surface area (Å²) in [4.78, 5) is 58.3. The molecule has 37 heavy (non-hydrogen) atoms. The Balaban J connectivity index is 2.19. The van der Waals surface area contributed by atoms with Crippen LogP contribution in [0.5, 0.6) is 0 Å². The summed E-state index contributed by atoms with van der Waals surface area (Å²) in [6.07, 6.45) is 6.35. The van der Waals surface area contributed by atoms with E-state index >= 15 is 0 Å². The second kappa shape index (κ2) is 11.8. The molecule has 3 heterocycles. The van der Waals surface area contributed by atoms with Gasteiger partial charge in [0.2, 0.25) is 0 Å². The highest BCUT2D eigenvalue weighted by atomic mass is 16.5. The number of nitrogens with one attached hydrogen (secondary N) is 2. The van der Waals surface area contributed by atoms with E-state index in [2.05, 4.69) is 15.0 Å². The lowest BCUT2D eigenvalue weighted by atomic mass is 10.0. The van der Waals surface area contributed by atoms with E-state index in [1.165, 1.54) is 14.2 Å². The number of rotatable bonds is 10. The third-order valence-corrected chi connectivity index (χ3v) is 6.86. The number of carbonyl (C=O) groups excluding carboxylic acids is 4. The Bertz CT molecular complexity index is 1430. The van der Waals surface area contributed by atoms with Crippen molar-refractivity contribution in [2.45, 2.75) is 59.8 Å². The summed E-state index contributed by atoms with van der Waals surface area (Å²) < 4.78 is 9.62. The summed E-state index contributed by atoms with van der Waals surface area (Å²) in [6.45, 7) is 7.54. The van der Waals surface area contributed by atoms with Crippen molar-refractivity contribution in [3.05, 3.63) is 55.5 Å². The molecule has 0 radical (unpaired) electrons. The molecule has 1 aliphatic heterocycles. The Hall–Kier alpha value is -4.01. The molecular formula is C28H33N3O6. The van der Waals surface area contributed by atoms with Crippen molar-refractivity contribution in [1.82, 2.24) is 9.97 Å². The number of aliphatic imine (C=N–C) groups is 1. The molecule has 2 aromatic rings. The molecular weight excluding hydrogens is 474 g/mol. The Morgan fingerprint density at radius 1 is 0.865 bits per heavy atom.